The van der Waals surface area contributed by atoms with E-state index in [4.69, 9.17) is 5.11 Å². The minimum atomic E-state index is -1.19. The minimum Gasteiger partial charge on any atom is -0.475 e. The van der Waals surface area contributed by atoms with Crippen molar-refractivity contribution in [2.45, 2.75) is 52.6 Å². The van der Waals surface area contributed by atoms with Crippen LogP contribution in [0.25, 0.3) is 0 Å². The van der Waals surface area contributed by atoms with Gasteiger partial charge in [0.1, 0.15) is 17.5 Å². The first-order valence-electron chi connectivity index (χ1n) is 18.5. The first-order chi connectivity index (χ1) is 29.3. The molecule has 15 heteroatoms. The van der Waals surface area contributed by atoms with Crippen molar-refractivity contribution in [2.24, 2.45) is 0 Å². The fourth-order valence-electron chi connectivity index (χ4n) is 4.38. The van der Waals surface area contributed by atoms with Crippen LogP contribution in [-0.2, 0) is 0 Å². The second-order valence-electron chi connectivity index (χ2n) is 14.9. The van der Waals surface area contributed by atoms with Gasteiger partial charge in [-0.05, 0) is 108 Å². The highest BCUT2D eigenvalue weighted by atomic mass is 19.1. The molecule has 0 unspecified atom stereocenters. The van der Waals surface area contributed by atoms with Gasteiger partial charge in [0.2, 0.25) is 17.5 Å². The molecule has 0 bridgehead atoms. The minimum absolute atomic E-state index is 0.0891. The van der Waals surface area contributed by atoms with Crippen molar-refractivity contribution in [2.75, 3.05) is 0 Å². The summed E-state index contributed by atoms with van der Waals surface area (Å²) in [7, 11) is 0. The van der Waals surface area contributed by atoms with E-state index in [0.29, 0.717) is 33.4 Å². The number of nitrogens with one attached hydrogen (secondary N) is 2. The second kappa shape index (κ2) is 21.7. The van der Waals surface area contributed by atoms with E-state index in [9.17, 15) is 27.6 Å². The fraction of sp³-hybridized carbons (Fsp3) is 0.170. The van der Waals surface area contributed by atoms with Crippen molar-refractivity contribution in [3.8, 4) is 35.5 Å². The highest BCUT2D eigenvalue weighted by Gasteiger charge is 2.18. The van der Waals surface area contributed by atoms with Gasteiger partial charge in [0.05, 0.1) is 16.7 Å². The molecule has 3 N–H and O–H groups in total. The number of rotatable bonds is 3. The van der Waals surface area contributed by atoms with Gasteiger partial charge in [-0.1, -0.05) is 41.6 Å². The van der Waals surface area contributed by atoms with E-state index in [0.717, 1.165) is 0 Å². The third-order valence-corrected chi connectivity index (χ3v) is 7.10. The summed E-state index contributed by atoms with van der Waals surface area (Å²) in [6.45, 7) is 11.3. The molecule has 3 aromatic carbocycles. The lowest BCUT2D eigenvalue weighted by Crippen LogP contribution is -2.41. The van der Waals surface area contributed by atoms with Gasteiger partial charge < -0.3 is 15.7 Å². The predicted octanol–water partition coefficient (Wildman–Crippen LogP) is 6.80. The molecule has 2 amide bonds. The third kappa shape index (κ3) is 16.9. The molecule has 0 spiro atoms. The van der Waals surface area contributed by atoms with Crippen LogP contribution in [0, 0.1) is 53.0 Å². The molecule has 0 atom stereocenters. The summed E-state index contributed by atoms with van der Waals surface area (Å²) >= 11 is 0. The summed E-state index contributed by atoms with van der Waals surface area (Å²) < 4.78 is 38.5. The van der Waals surface area contributed by atoms with Crippen molar-refractivity contribution < 1.29 is 32.7 Å². The van der Waals surface area contributed by atoms with E-state index in [1.54, 1.807) is 36.4 Å². The highest BCUT2D eigenvalue weighted by molar-refractivity contribution is 5.91. The number of carbonyl (C=O) groups is 3. The normalized spacial score (nSPS) is 10.2. The van der Waals surface area contributed by atoms with Gasteiger partial charge in [-0.2, -0.15) is 0 Å². The Balaban J connectivity index is 0.000000206. The number of carbonyl (C=O) groups excluding carboxylic acids is 2. The summed E-state index contributed by atoms with van der Waals surface area (Å²) in [5.74, 6) is 14.0. The van der Waals surface area contributed by atoms with Gasteiger partial charge in [-0.25, -0.2) is 47.9 Å². The monoisotopic (exact) mass is 836 g/mol. The lowest BCUT2D eigenvalue weighted by atomic mass is 10.1. The molecule has 0 saturated heterocycles. The van der Waals surface area contributed by atoms with Crippen LogP contribution in [-0.4, -0.2) is 63.9 Å². The van der Waals surface area contributed by atoms with Gasteiger partial charge in [0.15, 0.2) is 0 Å². The molecule has 312 valence electrons. The smallest absolute Gasteiger partial charge is 0.373 e. The van der Waals surface area contributed by atoms with E-state index in [2.05, 4.69) is 76.1 Å². The summed E-state index contributed by atoms with van der Waals surface area (Å²) in [5.41, 5.74) is 2.83. The molecule has 0 saturated carbocycles. The highest BCUT2D eigenvalue weighted by Crippen LogP contribution is 2.06. The maximum absolute atomic E-state index is 13.0. The van der Waals surface area contributed by atoms with Crippen LogP contribution in [0.3, 0.4) is 0 Å². The van der Waals surface area contributed by atoms with Gasteiger partial charge >= 0.3 is 5.97 Å². The summed E-state index contributed by atoms with van der Waals surface area (Å²) in [5, 5.41) is 14.2. The van der Waals surface area contributed by atoms with E-state index < -0.39 is 5.97 Å². The third-order valence-electron chi connectivity index (χ3n) is 7.10. The van der Waals surface area contributed by atoms with E-state index in [-0.39, 0.29) is 57.8 Å². The quantitative estimate of drug-likeness (QED) is 0.161. The molecule has 3 aromatic heterocycles. The predicted molar refractivity (Wildman–Crippen MR) is 225 cm³/mol. The largest absolute Gasteiger partial charge is 0.475 e. The van der Waals surface area contributed by atoms with Crippen molar-refractivity contribution in [3.05, 3.63) is 178 Å². The number of hydrogen-bond acceptors (Lipinski definition) is 9. The van der Waals surface area contributed by atoms with Gasteiger partial charge in [-0.3, -0.25) is 9.59 Å². The average molecular weight is 837 g/mol. The van der Waals surface area contributed by atoms with Crippen molar-refractivity contribution in [1.29, 1.82) is 0 Å². The standard InChI is InChI=1S/2C17H16FN3O.C13H7FN2O2/c1-17(2,3)21-16(22)15-19-10-13(11-20-15)5-4-12-6-8-14(18)9-7-12;1-17(2,3)21-16(22)15-19-10-13(11-20-15)8-7-12-5-4-6-14(18)9-12;14-11-5-3-9(4-6-11)1-2-10-7-15-12(13(17)18)16-8-10/h6-11H,1-3H3,(H,21,22);4-6,9-11H,1-3H3,(H,21,22);3-8H,(H,17,18). The second-order valence-corrected chi connectivity index (χ2v) is 14.9. The zero-order chi connectivity index (χ0) is 45.3. The van der Waals surface area contributed by atoms with Crippen molar-refractivity contribution in [1.82, 2.24) is 40.5 Å². The Kier molecular flexibility index (Phi) is 16.3. The van der Waals surface area contributed by atoms with Crippen LogP contribution >= 0.6 is 0 Å². The van der Waals surface area contributed by atoms with E-state index in [1.807, 2.05) is 41.5 Å². The van der Waals surface area contributed by atoms with E-state index in [1.165, 1.54) is 73.6 Å². The van der Waals surface area contributed by atoms with Crippen LogP contribution in [0.5, 0.6) is 0 Å². The summed E-state index contributed by atoms with van der Waals surface area (Å²) in [4.78, 5) is 57.5. The molecule has 3 heterocycles. The molecule has 6 aromatic rings. The Morgan fingerprint density at radius 1 is 0.452 bits per heavy atom. The molecule has 12 nitrogen and oxygen atoms in total. The molecule has 6 rings (SSSR count). The first kappa shape index (κ1) is 46.5. The topological polar surface area (TPSA) is 173 Å². The Morgan fingerprint density at radius 2 is 0.774 bits per heavy atom. The number of benzene rings is 3. The number of halogens is 3. The molecular weight excluding hydrogens is 798 g/mol. The van der Waals surface area contributed by atoms with Crippen molar-refractivity contribution >= 4 is 17.8 Å². The molecule has 0 aliphatic carbocycles. The van der Waals surface area contributed by atoms with Gasteiger partial charge in [-0.15, -0.1) is 0 Å². The lowest BCUT2D eigenvalue weighted by Gasteiger charge is -2.19. The number of carboxylic acids is 1. The average Bonchev–Trinajstić information content (AvgIpc) is 3.22. The van der Waals surface area contributed by atoms with Crippen molar-refractivity contribution in [3.63, 3.8) is 0 Å². The number of aromatic carboxylic acids is 1. The maximum Gasteiger partial charge on any atom is 0.373 e. The summed E-state index contributed by atoms with van der Waals surface area (Å²) in [6.07, 6.45) is 8.57. The molecule has 0 radical (unpaired) electrons. The molecule has 62 heavy (non-hydrogen) atoms. The maximum atomic E-state index is 13.0. The number of hydrogen-bond donors (Lipinski definition) is 3. The van der Waals surface area contributed by atoms with Gasteiger partial charge in [0, 0.05) is 64.9 Å². The van der Waals surface area contributed by atoms with Crippen LogP contribution < -0.4 is 10.6 Å². The molecular formula is C47H39F3N8O4. The molecule has 0 aliphatic rings. The fourth-order valence-corrected chi connectivity index (χ4v) is 4.38. The van der Waals surface area contributed by atoms with Gasteiger partial charge in [0.25, 0.3) is 11.8 Å². The molecule has 0 fully saturated rings. The van der Waals surface area contributed by atoms with Crippen LogP contribution in [0.2, 0.25) is 0 Å². The van der Waals surface area contributed by atoms with Crippen LogP contribution in [0.1, 0.15) is 107 Å². The number of aromatic nitrogens is 6. The van der Waals surface area contributed by atoms with Crippen LogP contribution in [0.15, 0.2) is 110 Å². The zero-order valence-corrected chi connectivity index (χ0v) is 34.4. The van der Waals surface area contributed by atoms with Crippen LogP contribution in [0.4, 0.5) is 13.2 Å². The Labute approximate surface area is 356 Å². The Hall–Kier alpha value is -8.22. The van der Waals surface area contributed by atoms with E-state index >= 15 is 0 Å². The number of carboxylic acid groups (broad SMARTS) is 1. The Bertz CT molecular complexity index is 2680. The lowest BCUT2D eigenvalue weighted by molar-refractivity contribution is 0.0682. The number of amides is 2. The summed E-state index contributed by atoms with van der Waals surface area (Å²) in [6, 6.07) is 17.6. The molecule has 0 aliphatic heterocycles. The first-order valence-corrected chi connectivity index (χ1v) is 18.5. The number of nitrogens with zero attached hydrogens (tertiary/aromatic N) is 6. The Morgan fingerprint density at radius 3 is 1.10 bits per heavy atom. The SMILES string of the molecule is CC(C)(C)NC(=O)c1ncc(C#Cc2ccc(F)cc2)cn1.CC(C)(C)NC(=O)c1ncc(C#Cc2cccc(F)c2)cn1.O=C(O)c1ncc(C#Cc2ccc(F)cc2)cn1. The zero-order valence-electron chi connectivity index (χ0n) is 34.4.